The highest BCUT2D eigenvalue weighted by atomic mass is 16.3. The van der Waals surface area contributed by atoms with E-state index >= 15 is 0 Å². The molecule has 2 fully saturated rings. The van der Waals surface area contributed by atoms with Crippen molar-refractivity contribution < 1.29 is 14.7 Å². The highest BCUT2D eigenvalue weighted by molar-refractivity contribution is 5.97. The standard InChI is InChI=1S/C28H37N3O3/c1-4-30(5-2)24-14-12-21(13-15-24)26-25-11-6-7-16-28(25,34)17-18-31(26)27(33)22-9-8-10-23(19-22)29-20(3)32/h8-10,12-15,19,25-26,34H,4-7,11,16-18H2,1-3H3,(H,29,32). The second kappa shape index (κ2) is 10.2. The molecule has 0 spiro atoms. The van der Waals surface area contributed by atoms with Gasteiger partial charge in [0.25, 0.3) is 5.91 Å². The summed E-state index contributed by atoms with van der Waals surface area (Å²) >= 11 is 0. The van der Waals surface area contributed by atoms with E-state index in [4.69, 9.17) is 0 Å². The van der Waals surface area contributed by atoms with Gasteiger partial charge in [0.15, 0.2) is 0 Å². The molecule has 2 aromatic rings. The zero-order valence-corrected chi connectivity index (χ0v) is 20.6. The molecule has 6 nitrogen and oxygen atoms in total. The first-order valence-corrected chi connectivity index (χ1v) is 12.6. The van der Waals surface area contributed by atoms with Crippen LogP contribution in [-0.4, -0.2) is 47.1 Å². The Bertz CT molecular complexity index is 1020. The van der Waals surface area contributed by atoms with E-state index in [0.29, 0.717) is 24.2 Å². The fraction of sp³-hybridized carbons (Fsp3) is 0.500. The van der Waals surface area contributed by atoms with Crippen molar-refractivity contribution in [3.05, 3.63) is 59.7 Å². The van der Waals surface area contributed by atoms with Crippen LogP contribution in [0.4, 0.5) is 11.4 Å². The minimum atomic E-state index is -0.727. The summed E-state index contributed by atoms with van der Waals surface area (Å²) in [6, 6.07) is 15.5. The van der Waals surface area contributed by atoms with E-state index in [0.717, 1.165) is 44.3 Å². The monoisotopic (exact) mass is 463 g/mol. The molecule has 1 saturated carbocycles. The molecule has 2 aromatic carbocycles. The van der Waals surface area contributed by atoms with Crippen LogP contribution in [0.25, 0.3) is 0 Å². The molecule has 1 heterocycles. The molecule has 0 bridgehead atoms. The molecule has 1 saturated heterocycles. The Balaban J connectivity index is 1.69. The van der Waals surface area contributed by atoms with E-state index in [1.54, 1.807) is 24.3 Å². The number of hydrogen-bond donors (Lipinski definition) is 2. The van der Waals surface area contributed by atoms with Gasteiger partial charge >= 0.3 is 0 Å². The van der Waals surface area contributed by atoms with E-state index in [2.05, 4.69) is 48.3 Å². The van der Waals surface area contributed by atoms with Gasteiger partial charge in [-0.3, -0.25) is 9.59 Å². The number of piperidine rings is 1. The number of nitrogens with one attached hydrogen (secondary N) is 1. The molecule has 0 radical (unpaired) electrons. The summed E-state index contributed by atoms with van der Waals surface area (Å²) in [6.07, 6.45) is 4.41. The summed E-state index contributed by atoms with van der Waals surface area (Å²) in [4.78, 5) is 29.6. The van der Waals surface area contributed by atoms with Crippen LogP contribution in [0, 0.1) is 5.92 Å². The summed E-state index contributed by atoms with van der Waals surface area (Å²) in [5.74, 6) is -0.213. The Morgan fingerprint density at radius 2 is 1.82 bits per heavy atom. The van der Waals surface area contributed by atoms with Gasteiger partial charge in [-0.05, 0) is 69.0 Å². The molecule has 34 heavy (non-hydrogen) atoms. The first-order valence-electron chi connectivity index (χ1n) is 12.6. The van der Waals surface area contributed by atoms with Crippen LogP contribution >= 0.6 is 0 Å². The number of nitrogens with zero attached hydrogens (tertiary/aromatic N) is 2. The summed E-state index contributed by atoms with van der Waals surface area (Å²) in [7, 11) is 0. The first-order chi connectivity index (χ1) is 16.4. The molecular formula is C28H37N3O3. The van der Waals surface area contributed by atoms with Gasteiger partial charge in [0.1, 0.15) is 0 Å². The number of fused-ring (bicyclic) bond motifs is 1. The van der Waals surface area contributed by atoms with Crippen LogP contribution in [0.1, 0.15) is 74.8 Å². The lowest BCUT2D eigenvalue weighted by atomic mass is 9.66. The maximum atomic E-state index is 13.8. The number of anilines is 2. The van der Waals surface area contributed by atoms with Crippen molar-refractivity contribution in [2.45, 2.75) is 64.5 Å². The van der Waals surface area contributed by atoms with Gasteiger partial charge in [0.2, 0.25) is 5.91 Å². The van der Waals surface area contributed by atoms with Gasteiger partial charge in [0, 0.05) is 49.4 Å². The summed E-state index contributed by atoms with van der Waals surface area (Å²) in [5, 5.41) is 14.3. The van der Waals surface area contributed by atoms with Crippen molar-refractivity contribution in [3.63, 3.8) is 0 Å². The third kappa shape index (κ3) is 4.83. The molecular weight excluding hydrogens is 426 g/mol. The van der Waals surface area contributed by atoms with E-state index in [9.17, 15) is 14.7 Å². The third-order valence-electron chi connectivity index (χ3n) is 7.62. The van der Waals surface area contributed by atoms with Crippen LogP contribution < -0.4 is 10.2 Å². The Labute approximate surface area is 203 Å². The molecule has 1 aliphatic heterocycles. The van der Waals surface area contributed by atoms with Gasteiger partial charge in [-0.2, -0.15) is 0 Å². The molecule has 4 rings (SSSR count). The number of rotatable bonds is 6. The molecule has 1 aliphatic carbocycles. The van der Waals surface area contributed by atoms with E-state index in [1.807, 2.05) is 4.90 Å². The maximum absolute atomic E-state index is 13.8. The lowest BCUT2D eigenvalue weighted by Gasteiger charge is -2.52. The maximum Gasteiger partial charge on any atom is 0.254 e. The average molecular weight is 464 g/mol. The van der Waals surface area contributed by atoms with Crippen LogP contribution in [0.3, 0.4) is 0 Å². The summed E-state index contributed by atoms with van der Waals surface area (Å²) in [5.41, 5.74) is 2.69. The van der Waals surface area contributed by atoms with Crippen LogP contribution in [-0.2, 0) is 4.79 Å². The van der Waals surface area contributed by atoms with Crippen molar-refractivity contribution in [3.8, 4) is 0 Å². The average Bonchev–Trinajstić information content (AvgIpc) is 2.83. The van der Waals surface area contributed by atoms with Gasteiger partial charge < -0.3 is 20.2 Å². The van der Waals surface area contributed by atoms with Crippen molar-refractivity contribution in [1.82, 2.24) is 4.90 Å². The Kier molecular flexibility index (Phi) is 7.27. The zero-order valence-electron chi connectivity index (χ0n) is 20.6. The number of benzene rings is 2. The third-order valence-corrected chi connectivity index (χ3v) is 7.62. The molecule has 3 atom stereocenters. The van der Waals surface area contributed by atoms with Gasteiger partial charge in [-0.1, -0.05) is 31.0 Å². The Hall–Kier alpha value is -2.86. The summed E-state index contributed by atoms with van der Waals surface area (Å²) < 4.78 is 0. The van der Waals surface area contributed by atoms with E-state index in [-0.39, 0.29) is 23.8 Å². The van der Waals surface area contributed by atoms with Gasteiger partial charge in [-0.25, -0.2) is 0 Å². The fourth-order valence-electron chi connectivity index (χ4n) is 5.89. The molecule has 3 unspecified atom stereocenters. The van der Waals surface area contributed by atoms with Gasteiger partial charge in [-0.15, -0.1) is 0 Å². The Morgan fingerprint density at radius 1 is 1.09 bits per heavy atom. The van der Waals surface area contributed by atoms with E-state index < -0.39 is 5.60 Å². The lowest BCUT2D eigenvalue weighted by molar-refractivity contribution is -0.115. The van der Waals surface area contributed by atoms with Crippen molar-refractivity contribution in [2.75, 3.05) is 29.9 Å². The van der Waals surface area contributed by atoms with Crippen molar-refractivity contribution in [2.24, 2.45) is 5.92 Å². The predicted molar refractivity (Wildman–Crippen MR) is 136 cm³/mol. The molecule has 2 N–H and O–H groups in total. The molecule has 2 aliphatic rings. The lowest BCUT2D eigenvalue weighted by Crippen LogP contribution is -2.56. The molecule has 2 amide bonds. The quantitative estimate of drug-likeness (QED) is 0.632. The predicted octanol–water partition coefficient (Wildman–Crippen LogP) is 5.00. The zero-order chi connectivity index (χ0) is 24.3. The van der Waals surface area contributed by atoms with Crippen molar-refractivity contribution >= 4 is 23.2 Å². The minimum Gasteiger partial charge on any atom is -0.389 e. The van der Waals surface area contributed by atoms with Crippen LogP contribution in [0.15, 0.2) is 48.5 Å². The van der Waals surface area contributed by atoms with Gasteiger partial charge in [0.05, 0.1) is 11.6 Å². The second-order valence-electron chi connectivity index (χ2n) is 9.68. The SMILES string of the molecule is CCN(CC)c1ccc(C2C3CCCCC3(O)CCN2C(=O)c2cccc(NC(C)=O)c2)cc1. The van der Waals surface area contributed by atoms with E-state index in [1.165, 1.54) is 12.6 Å². The molecule has 182 valence electrons. The molecule has 6 heteroatoms. The largest absolute Gasteiger partial charge is 0.389 e. The highest BCUT2D eigenvalue weighted by Crippen LogP contribution is 2.49. The minimum absolute atomic E-state index is 0.0109. The normalized spacial score (nSPS) is 24.3. The topological polar surface area (TPSA) is 72.9 Å². The second-order valence-corrected chi connectivity index (χ2v) is 9.68. The van der Waals surface area contributed by atoms with Crippen LogP contribution in [0.2, 0.25) is 0 Å². The smallest absolute Gasteiger partial charge is 0.254 e. The number of likely N-dealkylation sites (tertiary alicyclic amines) is 1. The summed E-state index contributed by atoms with van der Waals surface area (Å²) in [6.45, 7) is 8.15. The number of aliphatic hydroxyl groups is 1. The number of hydrogen-bond acceptors (Lipinski definition) is 4. The number of amides is 2. The highest BCUT2D eigenvalue weighted by Gasteiger charge is 2.50. The first kappa shape index (κ1) is 24.3. The van der Waals surface area contributed by atoms with Crippen molar-refractivity contribution in [1.29, 1.82) is 0 Å². The fourth-order valence-corrected chi connectivity index (χ4v) is 5.89. The van der Waals surface area contributed by atoms with Crippen LogP contribution in [0.5, 0.6) is 0 Å². The Morgan fingerprint density at radius 3 is 2.50 bits per heavy atom. The number of carbonyl (C=O) groups is 2. The number of carbonyl (C=O) groups excluding carboxylic acids is 2. The molecule has 0 aromatic heterocycles.